The summed E-state index contributed by atoms with van der Waals surface area (Å²) in [6.07, 6.45) is -0.990. The average Bonchev–Trinajstić information content (AvgIpc) is 3.21. The molecule has 0 unspecified atom stereocenters. The SMILES string of the molecule is CC(C)C[C@H](NC(=O)[C@H](CCCN=C(N)N)NC(=O)CNC(=O)[C@H](CC(C)C)NC(=O)[C@@H](N)CS)C(=O)N[C@H](C(=O)N[C@H](C(=O)N[C@@H](CC(C)C)C(=O)N[C@@H](CS)C(=O)O)C(C)C)[C@@H](C)O. The molecule has 66 heavy (non-hydrogen) atoms. The Balaban J connectivity index is 6.33. The summed E-state index contributed by atoms with van der Waals surface area (Å²) in [6.45, 7) is 14.7. The van der Waals surface area contributed by atoms with Gasteiger partial charge in [0.25, 0.3) is 0 Å². The van der Waals surface area contributed by atoms with Crippen LogP contribution in [0.1, 0.15) is 94.4 Å². The topological polar surface area (TPSA) is 381 Å². The molecule has 0 saturated carbocycles. The van der Waals surface area contributed by atoms with Gasteiger partial charge in [-0.2, -0.15) is 25.3 Å². The third-order valence-electron chi connectivity index (χ3n) is 9.68. The lowest BCUT2D eigenvalue weighted by molar-refractivity contribution is -0.142. The van der Waals surface area contributed by atoms with Gasteiger partial charge in [-0.05, 0) is 62.7 Å². The molecule has 0 aromatic carbocycles. The van der Waals surface area contributed by atoms with E-state index in [0.29, 0.717) is 0 Å². The van der Waals surface area contributed by atoms with E-state index < -0.39 is 120 Å². The van der Waals surface area contributed by atoms with Gasteiger partial charge in [0.05, 0.1) is 18.7 Å². The smallest absolute Gasteiger partial charge is 0.327 e. The van der Waals surface area contributed by atoms with E-state index in [1.165, 1.54) is 6.92 Å². The zero-order valence-electron chi connectivity index (χ0n) is 39.5. The number of nitrogens with two attached hydrogens (primary N) is 3. The number of aliphatic imine (C=N–C) groups is 1. The Kier molecular flexibility index (Phi) is 28.9. The molecule has 9 atom stereocenters. The first kappa shape index (κ1) is 61.1. The van der Waals surface area contributed by atoms with Gasteiger partial charge in [0.2, 0.25) is 47.3 Å². The Hall–Kier alpha value is -4.88. The lowest BCUT2D eigenvalue weighted by atomic mass is 9.98. The molecule has 0 bridgehead atoms. The first-order valence-electron chi connectivity index (χ1n) is 22.0. The summed E-state index contributed by atoms with van der Waals surface area (Å²) in [7, 11) is 0. The van der Waals surface area contributed by atoms with Crippen molar-refractivity contribution in [1.82, 2.24) is 42.5 Å². The molecule has 0 rings (SSSR count). The van der Waals surface area contributed by atoms with Crippen molar-refractivity contribution in [3.05, 3.63) is 0 Å². The van der Waals surface area contributed by atoms with Crippen molar-refractivity contribution in [2.24, 2.45) is 45.9 Å². The third kappa shape index (κ3) is 24.1. The van der Waals surface area contributed by atoms with E-state index in [1.807, 2.05) is 13.8 Å². The van der Waals surface area contributed by atoms with Crippen LogP contribution < -0.4 is 59.7 Å². The number of hydrogen-bond donors (Lipinski definition) is 15. The maximum absolute atomic E-state index is 13.9. The highest BCUT2D eigenvalue weighted by molar-refractivity contribution is 7.80. The lowest BCUT2D eigenvalue weighted by Crippen LogP contribution is -2.62. The molecule has 23 nitrogen and oxygen atoms in total. The second kappa shape index (κ2) is 31.2. The number of amides is 8. The van der Waals surface area contributed by atoms with Crippen molar-refractivity contribution in [3.8, 4) is 0 Å². The number of aliphatic hydroxyl groups excluding tert-OH is 1. The van der Waals surface area contributed by atoms with Crippen molar-refractivity contribution in [2.45, 2.75) is 149 Å². The molecule has 0 saturated heterocycles. The first-order chi connectivity index (χ1) is 30.6. The molecule has 0 aromatic rings. The molecule has 8 amide bonds. The van der Waals surface area contributed by atoms with Gasteiger partial charge < -0.3 is 69.9 Å². The fraction of sp³-hybridized carbons (Fsp3) is 0.756. The minimum atomic E-state index is -1.66. The number of aliphatic hydroxyl groups is 1. The Bertz CT molecular complexity index is 1660. The number of guanidine groups is 1. The Labute approximate surface area is 398 Å². The predicted octanol–water partition coefficient (Wildman–Crippen LogP) is -3.00. The predicted molar refractivity (Wildman–Crippen MR) is 255 cm³/mol. The molecule has 0 heterocycles. The largest absolute Gasteiger partial charge is 0.480 e. The third-order valence-corrected chi connectivity index (χ3v) is 10.4. The Morgan fingerprint density at radius 3 is 1.41 bits per heavy atom. The number of carboxylic acid groups (broad SMARTS) is 1. The fourth-order valence-electron chi connectivity index (χ4n) is 6.21. The molecule has 0 aromatic heterocycles. The van der Waals surface area contributed by atoms with Crippen molar-refractivity contribution in [1.29, 1.82) is 0 Å². The Morgan fingerprint density at radius 1 is 0.545 bits per heavy atom. The van der Waals surface area contributed by atoms with Crippen molar-refractivity contribution >= 4 is 84.4 Å². The second-order valence-electron chi connectivity index (χ2n) is 17.7. The molecule has 16 N–H and O–H groups in total. The summed E-state index contributed by atoms with van der Waals surface area (Å²) in [6, 6.07) is -10.1. The van der Waals surface area contributed by atoms with E-state index >= 15 is 0 Å². The van der Waals surface area contributed by atoms with Gasteiger partial charge in [0.1, 0.15) is 42.3 Å². The number of carboxylic acids is 1. The average molecular weight is 977 g/mol. The highest BCUT2D eigenvalue weighted by Gasteiger charge is 2.36. The van der Waals surface area contributed by atoms with Crippen molar-refractivity contribution in [3.63, 3.8) is 0 Å². The summed E-state index contributed by atoms with van der Waals surface area (Å²) in [5.74, 6) is -8.95. The maximum Gasteiger partial charge on any atom is 0.327 e. The van der Waals surface area contributed by atoms with Crippen molar-refractivity contribution < 1.29 is 53.4 Å². The van der Waals surface area contributed by atoms with E-state index in [1.54, 1.807) is 41.5 Å². The van der Waals surface area contributed by atoms with Crippen LogP contribution in [0.25, 0.3) is 0 Å². The number of thiol groups is 2. The molecule has 0 aliphatic carbocycles. The molecule has 0 spiro atoms. The van der Waals surface area contributed by atoms with Crippen LogP contribution in [-0.2, 0) is 43.2 Å². The Morgan fingerprint density at radius 2 is 0.970 bits per heavy atom. The highest BCUT2D eigenvalue weighted by Crippen LogP contribution is 2.12. The van der Waals surface area contributed by atoms with Gasteiger partial charge in [-0.25, -0.2) is 4.79 Å². The number of aliphatic carboxylic acids is 1. The molecule has 0 fully saturated rings. The number of nitrogens with zero attached hydrogens (tertiary/aromatic N) is 1. The maximum atomic E-state index is 13.9. The summed E-state index contributed by atoms with van der Waals surface area (Å²) >= 11 is 7.98. The number of rotatable bonds is 31. The zero-order chi connectivity index (χ0) is 51.0. The zero-order valence-corrected chi connectivity index (χ0v) is 41.3. The van der Waals surface area contributed by atoms with Gasteiger partial charge in [0, 0.05) is 18.1 Å². The van der Waals surface area contributed by atoms with Crippen LogP contribution in [0.2, 0.25) is 0 Å². The number of hydrogen-bond acceptors (Lipinski definition) is 14. The van der Waals surface area contributed by atoms with Crippen molar-refractivity contribution in [2.75, 3.05) is 24.6 Å². The minimum Gasteiger partial charge on any atom is -0.480 e. The normalized spacial score (nSPS) is 15.4. The molecule has 378 valence electrons. The van der Waals surface area contributed by atoms with Crippen LogP contribution in [-0.4, -0.2) is 148 Å². The summed E-state index contributed by atoms with van der Waals surface area (Å²) in [5.41, 5.74) is 16.6. The first-order valence-corrected chi connectivity index (χ1v) is 23.2. The number of carbonyl (C=O) groups is 9. The van der Waals surface area contributed by atoms with E-state index in [4.69, 9.17) is 17.2 Å². The van der Waals surface area contributed by atoms with Crippen LogP contribution in [0, 0.1) is 23.7 Å². The second-order valence-corrected chi connectivity index (χ2v) is 18.4. The molecule has 0 aliphatic heterocycles. The van der Waals surface area contributed by atoms with Gasteiger partial charge >= 0.3 is 5.97 Å². The monoisotopic (exact) mass is 977 g/mol. The van der Waals surface area contributed by atoms with Crippen LogP contribution in [0.5, 0.6) is 0 Å². The van der Waals surface area contributed by atoms with Gasteiger partial charge in [0.15, 0.2) is 5.96 Å². The van der Waals surface area contributed by atoms with E-state index in [-0.39, 0.29) is 73.9 Å². The van der Waals surface area contributed by atoms with E-state index in [0.717, 1.165) is 0 Å². The van der Waals surface area contributed by atoms with Crippen LogP contribution >= 0.6 is 25.3 Å². The van der Waals surface area contributed by atoms with Crippen LogP contribution in [0.4, 0.5) is 0 Å². The van der Waals surface area contributed by atoms with Gasteiger partial charge in [-0.15, -0.1) is 0 Å². The lowest BCUT2D eigenvalue weighted by Gasteiger charge is -2.30. The molecule has 0 aliphatic rings. The van der Waals surface area contributed by atoms with Crippen LogP contribution in [0.15, 0.2) is 4.99 Å². The van der Waals surface area contributed by atoms with Crippen LogP contribution in [0.3, 0.4) is 0 Å². The number of carbonyl (C=O) groups excluding carboxylic acids is 8. The van der Waals surface area contributed by atoms with E-state index in [2.05, 4.69) is 72.8 Å². The highest BCUT2D eigenvalue weighted by atomic mass is 32.1. The van der Waals surface area contributed by atoms with E-state index in [9.17, 15) is 53.4 Å². The number of nitrogens with one attached hydrogen (secondary N) is 8. The fourth-order valence-corrected chi connectivity index (χ4v) is 6.62. The quantitative estimate of drug-likeness (QED) is 0.0143. The summed E-state index contributed by atoms with van der Waals surface area (Å²) in [5, 5.41) is 40.2. The molecule has 0 radical (unpaired) electrons. The summed E-state index contributed by atoms with van der Waals surface area (Å²) < 4.78 is 0. The standard InChI is InChI=1S/C41H76N12O11S2/c1-19(2)13-26(48-33(56)24(42)17-65)34(57)46-16-30(55)47-25(11-10-12-45-41(43)44)35(58)49-28(15-21(5)6)37(60)53-32(23(9)54)39(62)52-31(22(7)8)38(61)50-27(14-20(3)4)36(59)51-29(18-66)40(63)64/h19-29,31-32,54,65-66H,10-18,42H2,1-9H3,(H,46,57)(H,47,55)(H,48,56)(H,49,58)(H,50,61)(H,51,59)(H,52,62)(H,53,60)(H,63,64)(H4,43,44,45)/t23-,24+,25+,26+,27+,28+,29+,31+,32+/m1/s1. The van der Waals surface area contributed by atoms with Gasteiger partial charge in [-0.3, -0.25) is 43.3 Å². The minimum absolute atomic E-state index is 0.0279. The molecule has 25 heteroatoms. The molecular weight excluding hydrogens is 901 g/mol. The van der Waals surface area contributed by atoms with Gasteiger partial charge in [-0.1, -0.05) is 55.4 Å². The summed E-state index contributed by atoms with van der Waals surface area (Å²) in [4.78, 5) is 122. The molecular formula is C41H76N12O11S2.